The van der Waals surface area contributed by atoms with E-state index in [0.29, 0.717) is 0 Å². The molecule has 2 N–H and O–H groups in total. The summed E-state index contributed by atoms with van der Waals surface area (Å²) in [6, 6.07) is 0. The minimum Gasteiger partial charge on any atom is -0.463 e. The van der Waals surface area contributed by atoms with Crippen LogP contribution in [0.25, 0.3) is 0 Å². The molecule has 0 aromatic rings. The van der Waals surface area contributed by atoms with Gasteiger partial charge in [-0.15, -0.1) is 0 Å². The van der Waals surface area contributed by atoms with E-state index in [2.05, 4.69) is 26.0 Å². The molecule has 4 nitrogen and oxygen atoms in total. The van der Waals surface area contributed by atoms with Crippen LogP contribution in [0.1, 0.15) is 194 Å². The van der Waals surface area contributed by atoms with E-state index in [1.807, 2.05) is 0 Å². The average molecular weight is 581 g/mol. The summed E-state index contributed by atoms with van der Waals surface area (Å²) in [5.41, 5.74) is 0. The van der Waals surface area contributed by atoms with E-state index in [4.69, 9.17) is 9.84 Å². The van der Waals surface area contributed by atoms with Crippen molar-refractivity contribution in [3.05, 3.63) is 12.2 Å². The lowest BCUT2D eigenvalue weighted by atomic mass is 9.94. The summed E-state index contributed by atoms with van der Waals surface area (Å²) in [4.78, 5) is 12.7. The first-order valence-electron chi connectivity index (χ1n) is 18.3. The highest BCUT2D eigenvalue weighted by molar-refractivity contribution is 5.72. The number of rotatable bonds is 33. The van der Waals surface area contributed by atoms with E-state index in [1.165, 1.54) is 148 Å². The molecule has 4 heteroatoms. The van der Waals surface area contributed by atoms with Crippen LogP contribution < -0.4 is 0 Å². The zero-order chi connectivity index (χ0) is 30.1. The maximum atomic E-state index is 12.7. The van der Waals surface area contributed by atoms with Crippen LogP contribution in [0.15, 0.2) is 12.2 Å². The molecule has 2 atom stereocenters. The number of hydrogen-bond acceptors (Lipinski definition) is 4. The summed E-state index contributed by atoms with van der Waals surface area (Å²) in [7, 11) is 0. The topological polar surface area (TPSA) is 66.8 Å². The van der Waals surface area contributed by atoms with Gasteiger partial charge in [0.2, 0.25) is 0 Å². The molecule has 0 radical (unpaired) electrons. The minimum absolute atomic E-state index is 0.0737. The van der Waals surface area contributed by atoms with Gasteiger partial charge in [-0.3, -0.25) is 4.79 Å². The van der Waals surface area contributed by atoms with Crippen molar-refractivity contribution in [2.75, 3.05) is 13.2 Å². The standard InChI is InChI=1S/C37H72O4/c1-3-5-7-9-11-13-15-17-19-21-23-25-27-29-31-35(37(40)41-34-36(39)33-38)32-30-28-26-24-22-20-18-16-14-12-10-8-6-4-2/h17,19,35-36,38-39H,3-16,18,20-34H2,1-2H3. The van der Waals surface area contributed by atoms with E-state index < -0.39 is 6.10 Å². The van der Waals surface area contributed by atoms with Gasteiger partial charge in [-0.2, -0.15) is 0 Å². The van der Waals surface area contributed by atoms with Crippen LogP contribution in [-0.4, -0.2) is 35.5 Å². The van der Waals surface area contributed by atoms with Crippen molar-refractivity contribution in [2.45, 2.75) is 200 Å². The lowest BCUT2D eigenvalue weighted by Gasteiger charge is -2.17. The number of aliphatic hydroxyl groups excluding tert-OH is 2. The highest BCUT2D eigenvalue weighted by Gasteiger charge is 2.20. The Hall–Kier alpha value is -0.870. The molecule has 0 aromatic heterocycles. The fourth-order valence-corrected chi connectivity index (χ4v) is 5.60. The van der Waals surface area contributed by atoms with E-state index >= 15 is 0 Å². The smallest absolute Gasteiger partial charge is 0.309 e. The molecule has 0 aliphatic carbocycles. The summed E-state index contributed by atoms with van der Waals surface area (Å²) in [5.74, 6) is -0.264. The highest BCUT2D eigenvalue weighted by atomic mass is 16.5. The summed E-state index contributed by atoms with van der Waals surface area (Å²) in [6.07, 6.45) is 39.4. The predicted octanol–water partition coefficient (Wildman–Crippen LogP) is 11.0. The number of carbonyl (C=O) groups is 1. The monoisotopic (exact) mass is 581 g/mol. The number of hydrogen-bond donors (Lipinski definition) is 2. The van der Waals surface area contributed by atoms with Crippen molar-refractivity contribution >= 4 is 5.97 Å². The lowest BCUT2D eigenvalue weighted by Crippen LogP contribution is -2.25. The zero-order valence-corrected chi connectivity index (χ0v) is 27.7. The van der Waals surface area contributed by atoms with Gasteiger partial charge in [0, 0.05) is 0 Å². The van der Waals surface area contributed by atoms with E-state index in [0.717, 1.165) is 32.1 Å². The number of aliphatic hydroxyl groups is 2. The largest absolute Gasteiger partial charge is 0.463 e. The number of unbranched alkanes of at least 4 members (excludes halogenated alkanes) is 23. The van der Waals surface area contributed by atoms with Crippen LogP contribution in [0.3, 0.4) is 0 Å². The first kappa shape index (κ1) is 40.1. The summed E-state index contributed by atoms with van der Waals surface area (Å²) < 4.78 is 5.34. The van der Waals surface area contributed by atoms with E-state index in [9.17, 15) is 9.90 Å². The third kappa shape index (κ3) is 30.4. The quantitative estimate of drug-likeness (QED) is 0.0460. The Morgan fingerprint density at radius 3 is 1.27 bits per heavy atom. The van der Waals surface area contributed by atoms with Crippen molar-refractivity contribution in [3.63, 3.8) is 0 Å². The fourth-order valence-electron chi connectivity index (χ4n) is 5.60. The summed E-state index contributed by atoms with van der Waals surface area (Å²) in [5, 5.41) is 18.6. The summed E-state index contributed by atoms with van der Waals surface area (Å²) in [6.45, 7) is 4.07. The predicted molar refractivity (Wildman–Crippen MR) is 177 cm³/mol. The molecule has 0 heterocycles. The molecule has 0 saturated heterocycles. The highest BCUT2D eigenvalue weighted by Crippen LogP contribution is 2.21. The van der Waals surface area contributed by atoms with E-state index in [-0.39, 0.29) is 25.1 Å². The second-order valence-corrected chi connectivity index (χ2v) is 12.6. The van der Waals surface area contributed by atoms with Gasteiger partial charge < -0.3 is 14.9 Å². The molecule has 41 heavy (non-hydrogen) atoms. The third-order valence-corrected chi connectivity index (χ3v) is 8.43. The van der Waals surface area contributed by atoms with Gasteiger partial charge in [0.05, 0.1) is 12.5 Å². The van der Waals surface area contributed by atoms with Crippen molar-refractivity contribution in [3.8, 4) is 0 Å². The Labute approximate surface area is 256 Å². The maximum Gasteiger partial charge on any atom is 0.309 e. The Kier molecular flexibility index (Phi) is 32.9. The fraction of sp³-hybridized carbons (Fsp3) is 0.919. The second kappa shape index (κ2) is 33.6. The zero-order valence-electron chi connectivity index (χ0n) is 27.7. The maximum absolute atomic E-state index is 12.7. The van der Waals surface area contributed by atoms with Crippen molar-refractivity contribution < 1.29 is 19.7 Å². The molecule has 0 rings (SSSR count). The molecule has 0 aromatic carbocycles. The van der Waals surface area contributed by atoms with Gasteiger partial charge in [0.1, 0.15) is 12.7 Å². The van der Waals surface area contributed by atoms with Gasteiger partial charge in [-0.1, -0.05) is 167 Å². The third-order valence-electron chi connectivity index (χ3n) is 8.43. The number of allylic oxidation sites excluding steroid dienone is 2. The number of ether oxygens (including phenoxy) is 1. The second-order valence-electron chi connectivity index (χ2n) is 12.6. The number of esters is 1. The van der Waals surface area contributed by atoms with Crippen LogP contribution in [0, 0.1) is 5.92 Å². The molecule has 0 aliphatic heterocycles. The van der Waals surface area contributed by atoms with Gasteiger partial charge in [-0.05, 0) is 38.5 Å². The molecule has 0 spiro atoms. The number of carbonyl (C=O) groups excluding carboxylic acids is 1. The molecule has 0 amide bonds. The van der Waals surface area contributed by atoms with Crippen LogP contribution in [0.2, 0.25) is 0 Å². The Balaban J connectivity index is 3.93. The lowest BCUT2D eigenvalue weighted by molar-refractivity contribution is -0.152. The van der Waals surface area contributed by atoms with Crippen molar-refractivity contribution in [2.24, 2.45) is 5.92 Å². The molecular formula is C37H72O4. The molecule has 0 fully saturated rings. The van der Waals surface area contributed by atoms with Crippen LogP contribution in [0.4, 0.5) is 0 Å². The van der Waals surface area contributed by atoms with Gasteiger partial charge in [0.25, 0.3) is 0 Å². The average Bonchev–Trinajstić information content (AvgIpc) is 2.98. The van der Waals surface area contributed by atoms with E-state index in [1.54, 1.807) is 0 Å². The van der Waals surface area contributed by atoms with Crippen molar-refractivity contribution in [1.29, 1.82) is 0 Å². The van der Waals surface area contributed by atoms with Crippen molar-refractivity contribution in [1.82, 2.24) is 0 Å². The molecule has 244 valence electrons. The van der Waals surface area contributed by atoms with Crippen LogP contribution >= 0.6 is 0 Å². The Morgan fingerprint density at radius 2 is 0.902 bits per heavy atom. The molecule has 0 aliphatic rings. The Morgan fingerprint density at radius 1 is 0.561 bits per heavy atom. The van der Waals surface area contributed by atoms with Crippen LogP contribution in [-0.2, 0) is 9.53 Å². The molecule has 0 bridgehead atoms. The minimum atomic E-state index is -0.977. The van der Waals surface area contributed by atoms with Crippen LogP contribution in [0.5, 0.6) is 0 Å². The normalized spacial score (nSPS) is 13.2. The van der Waals surface area contributed by atoms with Gasteiger partial charge in [0.15, 0.2) is 0 Å². The first-order valence-corrected chi connectivity index (χ1v) is 18.3. The molecule has 0 saturated carbocycles. The Bertz CT molecular complexity index is 547. The molecular weight excluding hydrogens is 508 g/mol. The summed E-state index contributed by atoms with van der Waals surface area (Å²) >= 11 is 0. The molecule has 2 unspecified atom stereocenters. The first-order chi connectivity index (χ1) is 20.2. The van der Waals surface area contributed by atoms with Gasteiger partial charge >= 0.3 is 5.97 Å². The van der Waals surface area contributed by atoms with Gasteiger partial charge in [-0.25, -0.2) is 0 Å². The SMILES string of the molecule is CCCCCCCCC=CCCCCCCC(CCCCCCCCCCCCCCCC)C(=O)OCC(O)CO.